The molecule has 0 bridgehead atoms. The molecular weight excluding hydrogens is 352 g/mol. The highest BCUT2D eigenvalue weighted by atomic mass is 32.2. The van der Waals surface area contributed by atoms with Crippen LogP contribution in [0.25, 0.3) is 5.69 Å². The fourth-order valence-electron chi connectivity index (χ4n) is 2.61. The first kappa shape index (κ1) is 17.7. The van der Waals surface area contributed by atoms with Crippen molar-refractivity contribution in [3.63, 3.8) is 0 Å². The summed E-state index contributed by atoms with van der Waals surface area (Å²) < 4.78 is 2.00. The number of aromatic nitrogens is 3. The maximum Gasteiger partial charge on any atom is 0.251 e. The lowest BCUT2D eigenvalue weighted by molar-refractivity contribution is 0.0954. The summed E-state index contributed by atoms with van der Waals surface area (Å²) in [5.41, 5.74) is 2.71. The molecule has 0 aliphatic heterocycles. The van der Waals surface area contributed by atoms with Crippen LogP contribution in [-0.2, 0) is 6.42 Å². The van der Waals surface area contributed by atoms with Gasteiger partial charge < -0.3 is 5.32 Å². The molecule has 2 heterocycles. The van der Waals surface area contributed by atoms with Gasteiger partial charge in [-0.1, -0.05) is 11.8 Å². The fraction of sp³-hybridized carbons (Fsp3) is 0.278. The van der Waals surface area contributed by atoms with Crippen LogP contribution in [0.4, 0.5) is 0 Å². The molecule has 1 N–H and O–H groups in total. The second kappa shape index (κ2) is 7.84. The lowest BCUT2D eigenvalue weighted by atomic mass is 10.2. The summed E-state index contributed by atoms with van der Waals surface area (Å²) >= 11 is 3.28. The highest BCUT2D eigenvalue weighted by Crippen LogP contribution is 2.19. The summed E-state index contributed by atoms with van der Waals surface area (Å²) in [4.78, 5) is 22.2. The van der Waals surface area contributed by atoms with Gasteiger partial charge in [0, 0.05) is 41.5 Å². The Balaban J connectivity index is 1.60. The number of benzene rings is 1. The number of carbonyl (C=O) groups is 1. The average molecular weight is 373 g/mol. The molecule has 3 aromatic rings. The maximum atomic E-state index is 12.3. The third-order valence-corrected chi connectivity index (χ3v) is 5.63. The van der Waals surface area contributed by atoms with E-state index in [1.54, 1.807) is 29.3 Å². The fourth-order valence-corrected chi connectivity index (χ4v) is 4.07. The van der Waals surface area contributed by atoms with Crippen LogP contribution in [0.3, 0.4) is 0 Å². The molecule has 3 rings (SSSR count). The molecule has 0 aliphatic carbocycles. The van der Waals surface area contributed by atoms with Crippen molar-refractivity contribution in [2.45, 2.75) is 25.4 Å². The lowest BCUT2D eigenvalue weighted by Gasteiger charge is -2.08. The second-order valence-electron chi connectivity index (χ2n) is 5.58. The molecule has 0 saturated carbocycles. The Kier molecular flexibility index (Phi) is 5.55. The van der Waals surface area contributed by atoms with E-state index in [0.29, 0.717) is 12.1 Å². The number of aryl methyl sites for hydroxylation is 2. The molecule has 0 aliphatic rings. The molecule has 0 spiro atoms. The summed E-state index contributed by atoms with van der Waals surface area (Å²) in [5.74, 6) is -0.0545. The van der Waals surface area contributed by atoms with E-state index in [2.05, 4.69) is 15.3 Å². The molecule has 130 valence electrons. The maximum absolute atomic E-state index is 12.3. The first-order chi connectivity index (χ1) is 12.1. The van der Waals surface area contributed by atoms with Crippen LogP contribution in [0.2, 0.25) is 0 Å². The van der Waals surface area contributed by atoms with Gasteiger partial charge in [-0.25, -0.2) is 9.97 Å². The van der Waals surface area contributed by atoms with E-state index in [0.717, 1.165) is 28.0 Å². The van der Waals surface area contributed by atoms with Gasteiger partial charge in [-0.3, -0.25) is 9.36 Å². The molecule has 7 heteroatoms. The summed E-state index contributed by atoms with van der Waals surface area (Å²) in [6.07, 6.45) is 6.50. The van der Waals surface area contributed by atoms with Crippen LogP contribution in [0.1, 0.15) is 25.9 Å². The number of nitrogens with zero attached hydrogens (tertiary/aromatic N) is 3. The van der Waals surface area contributed by atoms with E-state index >= 15 is 0 Å². The van der Waals surface area contributed by atoms with Crippen molar-refractivity contribution in [2.75, 3.05) is 12.8 Å². The Hall–Kier alpha value is -2.12. The molecule has 0 atom stereocenters. The minimum atomic E-state index is -0.0545. The molecule has 5 nitrogen and oxygen atoms in total. The van der Waals surface area contributed by atoms with Crippen LogP contribution < -0.4 is 5.32 Å². The zero-order valence-electron chi connectivity index (χ0n) is 14.4. The van der Waals surface area contributed by atoms with Gasteiger partial charge in [-0.2, -0.15) is 0 Å². The van der Waals surface area contributed by atoms with Crippen molar-refractivity contribution in [1.82, 2.24) is 19.9 Å². The Morgan fingerprint density at radius 1 is 1.28 bits per heavy atom. The van der Waals surface area contributed by atoms with E-state index < -0.39 is 0 Å². The van der Waals surface area contributed by atoms with Gasteiger partial charge in [0.25, 0.3) is 5.91 Å². The number of thioether (sulfide) groups is 1. The minimum absolute atomic E-state index is 0.0545. The van der Waals surface area contributed by atoms with Gasteiger partial charge in [-0.15, -0.1) is 11.3 Å². The van der Waals surface area contributed by atoms with E-state index in [9.17, 15) is 4.79 Å². The SMILES string of the molecule is CSc1nccn1-c1ccc(C(=O)NCCc2sc(C)nc2C)cc1. The summed E-state index contributed by atoms with van der Waals surface area (Å²) in [6.45, 7) is 4.63. The third-order valence-electron chi connectivity index (χ3n) is 3.83. The van der Waals surface area contributed by atoms with Crippen molar-refractivity contribution in [3.8, 4) is 5.69 Å². The minimum Gasteiger partial charge on any atom is -0.352 e. The number of thiazole rings is 1. The quantitative estimate of drug-likeness (QED) is 0.671. The predicted molar refractivity (Wildman–Crippen MR) is 103 cm³/mol. The molecule has 0 fully saturated rings. The van der Waals surface area contributed by atoms with Gasteiger partial charge in [0.2, 0.25) is 0 Å². The molecule has 1 amide bonds. The lowest BCUT2D eigenvalue weighted by Crippen LogP contribution is -2.25. The summed E-state index contributed by atoms with van der Waals surface area (Å²) in [6, 6.07) is 7.56. The third kappa shape index (κ3) is 4.11. The van der Waals surface area contributed by atoms with Gasteiger partial charge in [0.05, 0.1) is 10.7 Å². The first-order valence-electron chi connectivity index (χ1n) is 7.97. The molecule has 0 unspecified atom stereocenters. The number of nitrogens with one attached hydrogen (secondary N) is 1. The number of rotatable bonds is 6. The standard InChI is InChI=1S/C18H20N4OS2/c1-12-16(25-13(2)21-12)8-9-19-17(23)14-4-6-15(7-5-14)22-11-10-20-18(22)24-3/h4-7,10-11H,8-9H2,1-3H3,(H,19,23). The van der Waals surface area contributed by atoms with Gasteiger partial charge in [0.1, 0.15) is 0 Å². The normalized spacial score (nSPS) is 10.8. The Labute approximate surface area is 155 Å². The Morgan fingerprint density at radius 3 is 2.68 bits per heavy atom. The van der Waals surface area contributed by atoms with E-state index in [1.807, 2.05) is 55.1 Å². The van der Waals surface area contributed by atoms with Crippen LogP contribution in [0.5, 0.6) is 0 Å². The largest absolute Gasteiger partial charge is 0.352 e. The smallest absolute Gasteiger partial charge is 0.251 e. The van der Waals surface area contributed by atoms with Crippen LogP contribution in [-0.4, -0.2) is 33.2 Å². The van der Waals surface area contributed by atoms with E-state index in [1.165, 1.54) is 4.88 Å². The molecule has 0 radical (unpaired) electrons. The van der Waals surface area contributed by atoms with E-state index in [4.69, 9.17) is 0 Å². The van der Waals surface area contributed by atoms with Gasteiger partial charge in [0.15, 0.2) is 5.16 Å². The second-order valence-corrected chi connectivity index (χ2v) is 7.64. The molecule has 2 aromatic heterocycles. The van der Waals surface area contributed by atoms with Crippen molar-refractivity contribution in [3.05, 3.63) is 57.8 Å². The number of hydrogen-bond donors (Lipinski definition) is 1. The highest BCUT2D eigenvalue weighted by molar-refractivity contribution is 7.98. The number of carbonyl (C=O) groups excluding carboxylic acids is 1. The summed E-state index contributed by atoms with van der Waals surface area (Å²) in [7, 11) is 0. The Bertz CT molecular complexity index is 868. The number of amides is 1. The summed E-state index contributed by atoms with van der Waals surface area (Å²) in [5, 5.41) is 4.97. The monoisotopic (exact) mass is 372 g/mol. The van der Waals surface area contributed by atoms with E-state index in [-0.39, 0.29) is 5.91 Å². The van der Waals surface area contributed by atoms with Crippen molar-refractivity contribution in [1.29, 1.82) is 0 Å². The van der Waals surface area contributed by atoms with Crippen molar-refractivity contribution in [2.24, 2.45) is 0 Å². The zero-order chi connectivity index (χ0) is 17.8. The number of imidazole rings is 1. The van der Waals surface area contributed by atoms with Crippen molar-refractivity contribution >= 4 is 29.0 Å². The average Bonchev–Trinajstić information content (AvgIpc) is 3.21. The van der Waals surface area contributed by atoms with Crippen LogP contribution in [0, 0.1) is 13.8 Å². The predicted octanol–water partition coefficient (Wildman–Crippen LogP) is 3.64. The zero-order valence-corrected chi connectivity index (χ0v) is 16.1. The number of hydrogen-bond acceptors (Lipinski definition) is 5. The molecule has 25 heavy (non-hydrogen) atoms. The molecule has 0 saturated heterocycles. The van der Waals surface area contributed by atoms with Crippen LogP contribution in [0.15, 0.2) is 41.8 Å². The highest BCUT2D eigenvalue weighted by Gasteiger charge is 2.09. The van der Waals surface area contributed by atoms with Crippen molar-refractivity contribution < 1.29 is 4.79 Å². The van der Waals surface area contributed by atoms with Gasteiger partial charge in [-0.05, 0) is 44.4 Å². The van der Waals surface area contributed by atoms with Gasteiger partial charge >= 0.3 is 0 Å². The molecular formula is C18H20N4OS2. The topological polar surface area (TPSA) is 59.8 Å². The first-order valence-corrected chi connectivity index (χ1v) is 10.0. The Morgan fingerprint density at radius 2 is 2.04 bits per heavy atom. The van der Waals surface area contributed by atoms with Crippen LogP contribution >= 0.6 is 23.1 Å². The molecule has 1 aromatic carbocycles.